The predicted octanol–water partition coefficient (Wildman–Crippen LogP) is 2.59. The van der Waals surface area contributed by atoms with E-state index in [0.717, 1.165) is 23.8 Å². The van der Waals surface area contributed by atoms with Crippen molar-refractivity contribution in [1.82, 2.24) is 9.55 Å². The largest absolute Gasteiger partial charge is 0.384 e. The van der Waals surface area contributed by atoms with Crippen LogP contribution in [0.3, 0.4) is 0 Å². The summed E-state index contributed by atoms with van der Waals surface area (Å²) in [6, 6.07) is 0. The van der Waals surface area contributed by atoms with Crippen LogP contribution in [-0.2, 0) is 18.4 Å². The summed E-state index contributed by atoms with van der Waals surface area (Å²) in [5.41, 5.74) is 7.07. The molecule has 2 N–H and O–H groups in total. The van der Waals surface area contributed by atoms with Gasteiger partial charge in [-0.2, -0.15) is 0 Å². The maximum atomic E-state index is 6.14. The van der Waals surface area contributed by atoms with Gasteiger partial charge in [-0.3, -0.25) is 0 Å². The van der Waals surface area contributed by atoms with E-state index in [9.17, 15) is 0 Å². The summed E-state index contributed by atoms with van der Waals surface area (Å²) in [6.45, 7) is 11.2. The molecule has 17 heavy (non-hydrogen) atoms. The van der Waals surface area contributed by atoms with E-state index in [1.54, 1.807) is 0 Å². The molecule has 0 aromatic carbocycles. The highest BCUT2D eigenvalue weighted by molar-refractivity contribution is 5.40. The quantitative estimate of drug-likeness (QED) is 0.815. The molecule has 0 unspecified atom stereocenters. The lowest BCUT2D eigenvalue weighted by atomic mass is 9.95. The second kappa shape index (κ2) is 4.83. The van der Waals surface area contributed by atoms with Crippen LogP contribution in [0.4, 0.5) is 5.82 Å². The number of nitrogens with zero attached hydrogens (tertiary/aromatic N) is 2. The van der Waals surface area contributed by atoms with Crippen LogP contribution in [0.1, 0.15) is 46.1 Å². The van der Waals surface area contributed by atoms with Gasteiger partial charge >= 0.3 is 0 Å². The normalized spacial score (nSPS) is 11.8. The number of rotatable bonds is 3. The summed E-state index contributed by atoms with van der Waals surface area (Å²) in [5.74, 6) is 4.89. The van der Waals surface area contributed by atoms with Gasteiger partial charge in [0.05, 0.1) is 12.2 Å². The van der Waals surface area contributed by atoms with Crippen LogP contribution in [0.25, 0.3) is 0 Å². The van der Waals surface area contributed by atoms with E-state index in [2.05, 4.69) is 45.5 Å². The molecule has 0 aliphatic rings. The highest BCUT2D eigenvalue weighted by Crippen LogP contribution is 2.27. The molecular weight excluding hydrogens is 210 g/mol. The molecule has 0 spiro atoms. The summed E-state index contributed by atoms with van der Waals surface area (Å²) < 4.78 is 1.96. The van der Waals surface area contributed by atoms with Gasteiger partial charge in [0.1, 0.15) is 11.6 Å². The molecule has 0 saturated carbocycles. The van der Waals surface area contributed by atoms with Gasteiger partial charge in [-0.1, -0.05) is 40.5 Å². The fraction of sp³-hybridized carbons (Fsp3) is 0.643. The minimum absolute atomic E-state index is 0.0415. The van der Waals surface area contributed by atoms with E-state index in [1.165, 1.54) is 0 Å². The third kappa shape index (κ3) is 3.03. The van der Waals surface area contributed by atoms with Crippen LogP contribution in [0.5, 0.6) is 0 Å². The summed E-state index contributed by atoms with van der Waals surface area (Å²) in [7, 11) is 0. The molecule has 3 heteroatoms. The van der Waals surface area contributed by atoms with Crippen molar-refractivity contribution in [2.75, 3.05) is 5.73 Å². The number of terminal acetylenes is 1. The Bertz CT molecular complexity index is 428. The first kappa shape index (κ1) is 13.6. The minimum atomic E-state index is -0.0415. The van der Waals surface area contributed by atoms with Gasteiger partial charge in [0.25, 0.3) is 0 Å². The van der Waals surface area contributed by atoms with Crippen LogP contribution in [0.2, 0.25) is 0 Å². The van der Waals surface area contributed by atoms with Gasteiger partial charge in [0, 0.05) is 5.41 Å². The van der Waals surface area contributed by atoms with Crippen LogP contribution in [-0.4, -0.2) is 9.55 Å². The van der Waals surface area contributed by atoms with Gasteiger partial charge in [-0.25, -0.2) is 4.98 Å². The first-order chi connectivity index (χ1) is 7.77. The Morgan fingerprint density at radius 1 is 1.41 bits per heavy atom. The molecule has 3 nitrogen and oxygen atoms in total. The van der Waals surface area contributed by atoms with E-state index >= 15 is 0 Å². The third-order valence-corrected chi connectivity index (χ3v) is 2.60. The van der Waals surface area contributed by atoms with Gasteiger partial charge in [0.2, 0.25) is 0 Å². The number of hydrogen-bond acceptors (Lipinski definition) is 2. The Hall–Kier alpha value is -1.43. The highest BCUT2D eigenvalue weighted by Gasteiger charge is 2.24. The Balaban J connectivity index is 3.26. The number of aromatic nitrogens is 2. The molecule has 1 rings (SSSR count). The number of nitrogens with two attached hydrogens (primary N) is 1. The van der Waals surface area contributed by atoms with Crippen molar-refractivity contribution in [1.29, 1.82) is 0 Å². The van der Waals surface area contributed by atoms with Crippen LogP contribution >= 0.6 is 0 Å². The maximum Gasteiger partial charge on any atom is 0.127 e. The minimum Gasteiger partial charge on any atom is -0.384 e. The zero-order valence-corrected chi connectivity index (χ0v) is 11.5. The Morgan fingerprint density at radius 3 is 2.41 bits per heavy atom. The molecule has 0 aliphatic heterocycles. The average molecular weight is 233 g/mol. The van der Waals surface area contributed by atoms with E-state index in [0.29, 0.717) is 12.5 Å². The number of anilines is 1. The third-order valence-electron chi connectivity index (χ3n) is 2.60. The number of hydrogen-bond donors (Lipinski definition) is 1. The van der Waals surface area contributed by atoms with Crippen molar-refractivity contribution in [3.8, 4) is 12.3 Å². The molecule has 94 valence electrons. The monoisotopic (exact) mass is 233 g/mol. The van der Waals surface area contributed by atoms with Gasteiger partial charge in [0.15, 0.2) is 0 Å². The lowest BCUT2D eigenvalue weighted by Gasteiger charge is -2.19. The van der Waals surface area contributed by atoms with E-state index in [1.807, 2.05) is 4.57 Å². The summed E-state index contributed by atoms with van der Waals surface area (Å²) in [6.07, 6.45) is 6.29. The van der Waals surface area contributed by atoms with Crippen molar-refractivity contribution in [2.45, 2.75) is 53.0 Å². The molecule has 0 amide bonds. The Morgan fingerprint density at radius 2 is 2.00 bits per heavy atom. The Labute approximate surface area is 104 Å². The lowest BCUT2D eigenvalue weighted by Crippen LogP contribution is -2.19. The van der Waals surface area contributed by atoms with Crippen molar-refractivity contribution in [3.05, 3.63) is 11.5 Å². The topological polar surface area (TPSA) is 43.8 Å². The van der Waals surface area contributed by atoms with Crippen LogP contribution in [0.15, 0.2) is 0 Å². The predicted molar refractivity (Wildman–Crippen MR) is 72.7 cm³/mol. The van der Waals surface area contributed by atoms with Gasteiger partial charge in [-0.05, 0) is 12.3 Å². The first-order valence-corrected chi connectivity index (χ1v) is 6.06. The summed E-state index contributed by atoms with van der Waals surface area (Å²) >= 11 is 0. The average Bonchev–Trinajstić information content (AvgIpc) is 2.45. The molecule has 1 aromatic rings. The van der Waals surface area contributed by atoms with Crippen LogP contribution < -0.4 is 5.73 Å². The van der Waals surface area contributed by atoms with Crippen molar-refractivity contribution < 1.29 is 0 Å². The fourth-order valence-corrected chi connectivity index (χ4v) is 1.88. The molecule has 0 atom stereocenters. The number of nitrogen functional groups attached to an aromatic ring is 1. The van der Waals surface area contributed by atoms with Crippen molar-refractivity contribution >= 4 is 5.82 Å². The van der Waals surface area contributed by atoms with E-state index < -0.39 is 0 Å². The number of imidazole rings is 1. The molecular formula is C14H23N3. The molecule has 0 bridgehead atoms. The summed E-state index contributed by atoms with van der Waals surface area (Å²) in [4.78, 5) is 4.68. The second-order valence-electron chi connectivity index (χ2n) is 5.91. The van der Waals surface area contributed by atoms with Crippen molar-refractivity contribution in [2.24, 2.45) is 5.92 Å². The maximum absolute atomic E-state index is 6.14. The second-order valence-corrected chi connectivity index (χ2v) is 5.91. The van der Waals surface area contributed by atoms with E-state index in [4.69, 9.17) is 12.2 Å². The molecule has 1 heterocycles. The molecule has 0 fully saturated rings. The Kier molecular flexibility index (Phi) is 3.87. The fourth-order valence-electron chi connectivity index (χ4n) is 1.88. The molecule has 0 aliphatic carbocycles. The highest BCUT2D eigenvalue weighted by atomic mass is 15.1. The zero-order chi connectivity index (χ0) is 13.2. The van der Waals surface area contributed by atoms with Gasteiger partial charge < -0.3 is 10.3 Å². The molecule has 1 aromatic heterocycles. The summed E-state index contributed by atoms with van der Waals surface area (Å²) in [5, 5.41) is 0. The smallest absolute Gasteiger partial charge is 0.127 e. The first-order valence-electron chi connectivity index (χ1n) is 6.06. The zero-order valence-electron chi connectivity index (χ0n) is 11.5. The van der Waals surface area contributed by atoms with Gasteiger partial charge in [-0.15, -0.1) is 6.42 Å². The lowest BCUT2D eigenvalue weighted by molar-refractivity contribution is 0.515. The van der Waals surface area contributed by atoms with E-state index in [-0.39, 0.29) is 5.41 Å². The van der Waals surface area contributed by atoms with Crippen LogP contribution in [0, 0.1) is 18.3 Å². The SMILES string of the molecule is C#CCn1c(C(C)(C)C)nc(CC(C)C)c1N. The molecule has 0 radical (unpaired) electrons. The standard InChI is InChI=1S/C14H23N3/c1-7-8-17-12(15)11(9-10(2)3)16-13(17)14(4,5)6/h1,10H,8-9,15H2,2-6H3. The molecule has 0 saturated heterocycles. The van der Waals surface area contributed by atoms with Crippen molar-refractivity contribution in [3.63, 3.8) is 0 Å².